The van der Waals surface area contributed by atoms with Gasteiger partial charge < -0.3 is 14.8 Å². The van der Waals surface area contributed by atoms with Gasteiger partial charge in [0.1, 0.15) is 6.61 Å². The van der Waals surface area contributed by atoms with E-state index in [9.17, 15) is 14.4 Å². The van der Waals surface area contributed by atoms with E-state index in [0.717, 1.165) is 12.2 Å². The number of rotatable bonds is 5. The van der Waals surface area contributed by atoms with Crippen molar-refractivity contribution in [1.29, 1.82) is 0 Å². The van der Waals surface area contributed by atoms with E-state index in [4.69, 9.17) is 4.74 Å². The number of esters is 2. The molecule has 1 atom stereocenters. The van der Waals surface area contributed by atoms with Crippen molar-refractivity contribution in [3.63, 3.8) is 0 Å². The van der Waals surface area contributed by atoms with E-state index in [1.807, 2.05) is 0 Å². The van der Waals surface area contributed by atoms with Crippen molar-refractivity contribution in [2.75, 3.05) is 13.7 Å². The summed E-state index contributed by atoms with van der Waals surface area (Å²) in [6.45, 7) is 3.11. The van der Waals surface area contributed by atoms with Crippen LogP contribution in [-0.2, 0) is 23.9 Å². The molecule has 6 heteroatoms. The van der Waals surface area contributed by atoms with E-state index in [-0.39, 0.29) is 18.6 Å². The second-order valence-corrected chi connectivity index (χ2v) is 3.09. The fourth-order valence-corrected chi connectivity index (χ4v) is 0.848. The monoisotopic (exact) mass is 229 g/mol. The molecule has 1 N–H and O–H groups in total. The van der Waals surface area contributed by atoms with Crippen molar-refractivity contribution in [3.05, 3.63) is 12.2 Å². The second kappa shape index (κ2) is 7.44. The van der Waals surface area contributed by atoms with Crippen LogP contribution >= 0.6 is 0 Å². The molecule has 6 nitrogen and oxygen atoms in total. The molecule has 0 saturated heterocycles. The SMILES string of the molecule is COC(=O)/C=C/C(=O)OC[C@H](C)NC(C)=O. The topological polar surface area (TPSA) is 81.7 Å². The number of nitrogens with one attached hydrogen (secondary N) is 1. The molecule has 0 aliphatic rings. The molecule has 0 aromatic heterocycles. The van der Waals surface area contributed by atoms with Crippen LogP contribution in [0.3, 0.4) is 0 Å². The summed E-state index contributed by atoms with van der Waals surface area (Å²) in [4.78, 5) is 32.3. The summed E-state index contributed by atoms with van der Waals surface area (Å²) in [5, 5.41) is 2.54. The fourth-order valence-electron chi connectivity index (χ4n) is 0.848. The summed E-state index contributed by atoms with van der Waals surface area (Å²) in [6, 6.07) is -0.270. The minimum Gasteiger partial charge on any atom is -0.466 e. The maximum absolute atomic E-state index is 11.0. The summed E-state index contributed by atoms with van der Waals surface area (Å²) in [7, 11) is 1.21. The molecule has 0 unspecified atom stereocenters. The molecule has 16 heavy (non-hydrogen) atoms. The van der Waals surface area contributed by atoms with Gasteiger partial charge in [0.15, 0.2) is 0 Å². The third-order valence-corrected chi connectivity index (χ3v) is 1.48. The molecule has 90 valence electrons. The van der Waals surface area contributed by atoms with Gasteiger partial charge in [0.25, 0.3) is 0 Å². The van der Waals surface area contributed by atoms with E-state index < -0.39 is 11.9 Å². The molecule has 0 fully saturated rings. The Morgan fingerprint density at radius 1 is 1.25 bits per heavy atom. The molecule has 0 heterocycles. The van der Waals surface area contributed by atoms with Crippen LogP contribution in [0.15, 0.2) is 12.2 Å². The Hall–Kier alpha value is -1.85. The van der Waals surface area contributed by atoms with Crippen molar-refractivity contribution >= 4 is 17.8 Å². The van der Waals surface area contributed by atoms with Gasteiger partial charge in [-0.05, 0) is 6.92 Å². The Balaban J connectivity index is 3.85. The van der Waals surface area contributed by atoms with Crippen molar-refractivity contribution in [1.82, 2.24) is 5.32 Å². The van der Waals surface area contributed by atoms with Crippen LogP contribution < -0.4 is 5.32 Å². The van der Waals surface area contributed by atoms with Crippen LogP contribution in [0.2, 0.25) is 0 Å². The van der Waals surface area contributed by atoms with E-state index in [1.165, 1.54) is 14.0 Å². The third-order valence-electron chi connectivity index (χ3n) is 1.48. The Bertz CT molecular complexity index is 298. The number of amides is 1. The molecule has 0 rings (SSSR count). The van der Waals surface area contributed by atoms with Crippen LogP contribution in [-0.4, -0.2) is 37.6 Å². The van der Waals surface area contributed by atoms with E-state index in [2.05, 4.69) is 10.1 Å². The summed E-state index contributed by atoms with van der Waals surface area (Å²) < 4.78 is 9.04. The lowest BCUT2D eigenvalue weighted by molar-refractivity contribution is -0.140. The predicted octanol–water partition coefficient (Wildman–Crippen LogP) is -0.217. The number of carbonyl (C=O) groups excluding carboxylic acids is 3. The van der Waals surface area contributed by atoms with Crippen LogP contribution in [0, 0.1) is 0 Å². The van der Waals surface area contributed by atoms with Crippen LogP contribution in [0.4, 0.5) is 0 Å². The van der Waals surface area contributed by atoms with Gasteiger partial charge in [-0.15, -0.1) is 0 Å². The molecule has 0 saturated carbocycles. The second-order valence-electron chi connectivity index (χ2n) is 3.09. The first kappa shape index (κ1) is 14.2. The molecule has 0 spiro atoms. The van der Waals surface area contributed by atoms with Crippen molar-refractivity contribution in [2.45, 2.75) is 19.9 Å². The van der Waals surface area contributed by atoms with Crippen LogP contribution in [0.25, 0.3) is 0 Å². The molecular formula is C10H15NO5. The van der Waals surface area contributed by atoms with E-state index in [1.54, 1.807) is 6.92 Å². The van der Waals surface area contributed by atoms with Gasteiger partial charge in [0, 0.05) is 19.1 Å². The first-order valence-electron chi connectivity index (χ1n) is 4.65. The molecule has 0 radical (unpaired) electrons. The number of hydrogen-bond acceptors (Lipinski definition) is 5. The lowest BCUT2D eigenvalue weighted by Crippen LogP contribution is -2.34. The Morgan fingerprint density at radius 2 is 1.81 bits per heavy atom. The van der Waals surface area contributed by atoms with E-state index >= 15 is 0 Å². The van der Waals surface area contributed by atoms with Gasteiger partial charge in [-0.3, -0.25) is 4.79 Å². The highest BCUT2D eigenvalue weighted by Crippen LogP contribution is 1.88. The number of carbonyl (C=O) groups is 3. The third kappa shape index (κ3) is 7.54. The summed E-state index contributed by atoms with van der Waals surface area (Å²) in [6.07, 6.45) is 1.93. The largest absolute Gasteiger partial charge is 0.466 e. The molecule has 1 amide bonds. The van der Waals surface area contributed by atoms with Gasteiger partial charge in [-0.2, -0.15) is 0 Å². The minimum atomic E-state index is -0.664. The number of methoxy groups -OCH3 is 1. The normalized spacial score (nSPS) is 11.9. The van der Waals surface area contributed by atoms with Gasteiger partial charge in [-0.1, -0.05) is 0 Å². The Morgan fingerprint density at radius 3 is 2.31 bits per heavy atom. The zero-order chi connectivity index (χ0) is 12.6. The maximum Gasteiger partial charge on any atom is 0.331 e. The predicted molar refractivity (Wildman–Crippen MR) is 55.4 cm³/mol. The smallest absolute Gasteiger partial charge is 0.331 e. The fraction of sp³-hybridized carbons (Fsp3) is 0.500. The zero-order valence-corrected chi connectivity index (χ0v) is 9.48. The average molecular weight is 229 g/mol. The van der Waals surface area contributed by atoms with Gasteiger partial charge >= 0.3 is 11.9 Å². The lowest BCUT2D eigenvalue weighted by atomic mass is 10.3. The number of hydrogen-bond donors (Lipinski definition) is 1. The molecule has 0 aromatic rings. The highest BCUT2D eigenvalue weighted by Gasteiger charge is 2.06. The molecule has 0 aliphatic carbocycles. The van der Waals surface area contributed by atoms with Crippen molar-refractivity contribution in [3.8, 4) is 0 Å². The molecule has 0 bridgehead atoms. The first-order valence-corrected chi connectivity index (χ1v) is 4.65. The first-order chi connectivity index (χ1) is 7.45. The summed E-state index contributed by atoms with van der Waals surface area (Å²) >= 11 is 0. The Kier molecular flexibility index (Phi) is 6.58. The van der Waals surface area contributed by atoms with Crippen LogP contribution in [0.5, 0.6) is 0 Å². The van der Waals surface area contributed by atoms with Gasteiger partial charge in [0.2, 0.25) is 5.91 Å². The van der Waals surface area contributed by atoms with Crippen LogP contribution in [0.1, 0.15) is 13.8 Å². The highest BCUT2D eigenvalue weighted by atomic mass is 16.5. The van der Waals surface area contributed by atoms with Crippen molar-refractivity contribution in [2.24, 2.45) is 0 Å². The highest BCUT2D eigenvalue weighted by molar-refractivity contribution is 5.91. The van der Waals surface area contributed by atoms with Crippen molar-refractivity contribution < 1.29 is 23.9 Å². The lowest BCUT2D eigenvalue weighted by Gasteiger charge is -2.11. The minimum absolute atomic E-state index is 0.0456. The molecule has 0 aromatic carbocycles. The molecule has 0 aliphatic heterocycles. The number of ether oxygens (including phenoxy) is 2. The maximum atomic E-state index is 11.0. The zero-order valence-electron chi connectivity index (χ0n) is 9.48. The summed E-state index contributed by atoms with van der Waals surface area (Å²) in [5.41, 5.74) is 0. The Labute approximate surface area is 93.6 Å². The standard InChI is InChI=1S/C10H15NO5/c1-7(11-8(2)12)6-16-10(14)5-4-9(13)15-3/h4-5,7H,6H2,1-3H3,(H,11,12)/b5-4+/t7-/m0/s1. The average Bonchev–Trinajstić information content (AvgIpc) is 2.22. The molecular weight excluding hydrogens is 214 g/mol. The van der Waals surface area contributed by atoms with E-state index in [0.29, 0.717) is 0 Å². The quantitative estimate of drug-likeness (QED) is 0.520. The van der Waals surface area contributed by atoms with Gasteiger partial charge in [-0.25, -0.2) is 9.59 Å². The summed E-state index contributed by atoms with van der Waals surface area (Å²) in [5.74, 6) is -1.50. The van der Waals surface area contributed by atoms with Gasteiger partial charge in [0.05, 0.1) is 13.2 Å².